The Morgan fingerprint density at radius 3 is 1.47 bits per heavy atom. The highest BCUT2D eigenvalue weighted by Gasteiger charge is 2.14. The minimum absolute atomic E-state index is 0.625. The summed E-state index contributed by atoms with van der Waals surface area (Å²) in [4.78, 5) is 0. The molecule has 0 aromatic rings. The predicted octanol–water partition coefficient (Wildman–Crippen LogP) is 5.22. The second kappa shape index (κ2) is 6.15. The van der Waals surface area contributed by atoms with Crippen molar-refractivity contribution in [1.82, 2.24) is 0 Å². The molecule has 0 saturated carbocycles. The SMILES string of the molecule is CC(C)=C(C(=CC(C)C)C(C)C)C(C)C. The van der Waals surface area contributed by atoms with Crippen LogP contribution in [0.5, 0.6) is 0 Å². The van der Waals surface area contributed by atoms with Crippen LogP contribution >= 0.6 is 0 Å². The van der Waals surface area contributed by atoms with Crippen LogP contribution < -0.4 is 0 Å². The van der Waals surface area contributed by atoms with Crippen LogP contribution in [0.3, 0.4) is 0 Å². The van der Waals surface area contributed by atoms with Gasteiger partial charge in [-0.1, -0.05) is 53.2 Å². The van der Waals surface area contributed by atoms with Gasteiger partial charge < -0.3 is 0 Å². The van der Waals surface area contributed by atoms with Crippen LogP contribution in [0, 0.1) is 17.8 Å². The predicted molar refractivity (Wildman–Crippen MR) is 71.0 cm³/mol. The molecule has 0 aliphatic carbocycles. The molecule has 0 aliphatic rings. The van der Waals surface area contributed by atoms with Crippen LogP contribution in [0.15, 0.2) is 22.8 Å². The quantitative estimate of drug-likeness (QED) is 0.556. The van der Waals surface area contributed by atoms with Gasteiger partial charge in [0.25, 0.3) is 0 Å². The second-order valence-electron chi connectivity index (χ2n) is 5.59. The number of hydrogen-bond acceptors (Lipinski definition) is 0. The average molecular weight is 208 g/mol. The van der Waals surface area contributed by atoms with Gasteiger partial charge in [-0.05, 0) is 42.7 Å². The molecule has 0 saturated heterocycles. The maximum atomic E-state index is 2.42. The van der Waals surface area contributed by atoms with Crippen LogP contribution in [-0.4, -0.2) is 0 Å². The molecule has 0 radical (unpaired) electrons. The zero-order valence-electron chi connectivity index (χ0n) is 11.8. The van der Waals surface area contributed by atoms with Crippen molar-refractivity contribution in [2.45, 2.75) is 55.4 Å². The Bertz CT molecular complexity index is 245. The third-order valence-electron chi connectivity index (χ3n) is 2.56. The van der Waals surface area contributed by atoms with E-state index in [0.29, 0.717) is 17.8 Å². The summed E-state index contributed by atoms with van der Waals surface area (Å²) in [6, 6.07) is 0. The molecular formula is C15H28. The molecule has 0 nitrogen and oxygen atoms in total. The maximum absolute atomic E-state index is 2.42. The zero-order valence-corrected chi connectivity index (χ0v) is 11.8. The van der Waals surface area contributed by atoms with Gasteiger partial charge in [0.1, 0.15) is 0 Å². The van der Waals surface area contributed by atoms with Crippen molar-refractivity contribution in [1.29, 1.82) is 0 Å². The van der Waals surface area contributed by atoms with Gasteiger partial charge in [0.2, 0.25) is 0 Å². The molecule has 0 atom stereocenters. The van der Waals surface area contributed by atoms with Gasteiger partial charge in [0.15, 0.2) is 0 Å². The summed E-state index contributed by atoms with van der Waals surface area (Å²) in [6.45, 7) is 18.1. The summed E-state index contributed by atoms with van der Waals surface area (Å²) in [5.74, 6) is 1.89. The Morgan fingerprint density at radius 2 is 1.27 bits per heavy atom. The lowest BCUT2D eigenvalue weighted by Gasteiger charge is -2.22. The molecule has 0 heterocycles. The molecule has 0 unspecified atom stereocenters. The van der Waals surface area contributed by atoms with Crippen LogP contribution in [-0.2, 0) is 0 Å². The van der Waals surface area contributed by atoms with Crippen LogP contribution in [0.25, 0.3) is 0 Å². The van der Waals surface area contributed by atoms with E-state index >= 15 is 0 Å². The van der Waals surface area contributed by atoms with E-state index in [-0.39, 0.29) is 0 Å². The molecule has 0 rings (SSSR count). The summed E-state index contributed by atoms with van der Waals surface area (Å²) in [5.41, 5.74) is 4.56. The first-order valence-corrected chi connectivity index (χ1v) is 6.16. The first-order chi connectivity index (χ1) is 6.77. The molecule has 0 aliphatic heterocycles. The van der Waals surface area contributed by atoms with Crippen molar-refractivity contribution in [3.63, 3.8) is 0 Å². The Kier molecular flexibility index (Phi) is 5.93. The summed E-state index contributed by atoms with van der Waals surface area (Å²) >= 11 is 0. The fraction of sp³-hybridized carbons (Fsp3) is 0.733. The molecule has 0 amide bonds. The smallest absolute Gasteiger partial charge is 0.0217 e. The number of allylic oxidation sites excluding steroid dienone is 4. The van der Waals surface area contributed by atoms with Crippen molar-refractivity contribution >= 4 is 0 Å². The number of rotatable bonds is 4. The average Bonchev–Trinajstić information content (AvgIpc) is 2.00. The van der Waals surface area contributed by atoms with Crippen LogP contribution in [0.1, 0.15) is 55.4 Å². The fourth-order valence-corrected chi connectivity index (χ4v) is 2.15. The summed E-state index contributed by atoms with van der Waals surface area (Å²) in [5, 5.41) is 0. The van der Waals surface area contributed by atoms with E-state index in [2.05, 4.69) is 61.5 Å². The third kappa shape index (κ3) is 4.68. The first kappa shape index (κ1) is 14.5. The normalized spacial score (nSPS) is 12.9. The van der Waals surface area contributed by atoms with Gasteiger partial charge in [-0.25, -0.2) is 0 Å². The van der Waals surface area contributed by atoms with Gasteiger partial charge in [-0.2, -0.15) is 0 Å². The highest BCUT2D eigenvalue weighted by molar-refractivity contribution is 5.37. The largest absolute Gasteiger partial charge is 0.0782 e. The van der Waals surface area contributed by atoms with Gasteiger partial charge in [-0.15, -0.1) is 0 Å². The zero-order chi connectivity index (χ0) is 12.2. The van der Waals surface area contributed by atoms with Crippen LogP contribution in [0.2, 0.25) is 0 Å². The van der Waals surface area contributed by atoms with Crippen molar-refractivity contribution in [3.8, 4) is 0 Å². The summed E-state index contributed by atoms with van der Waals surface area (Å²) in [6.07, 6.45) is 2.42. The van der Waals surface area contributed by atoms with E-state index < -0.39 is 0 Å². The molecule has 0 spiro atoms. The lowest BCUT2D eigenvalue weighted by Crippen LogP contribution is -2.07. The maximum Gasteiger partial charge on any atom is -0.0217 e. The summed E-state index contributed by atoms with van der Waals surface area (Å²) < 4.78 is 0. The highest BCUT2D eigenvalue weighted by Crippen LogP contribution is 2.29. The van der Waals surface area contributed by atoms with Crippen LogP contribution in [0.4, 0.5) is 0 Å². The van der Waals surface area contributed by atoms with Gasteiger partial charge in [0.05, 0.1) is 0 Å². The Hall–Kier alpha value is -0.520. The monoisotopic (exact) mass is 208 g/mol. The lowest BCUT2D eigenvalue weighted by atomic mass is 9.84. The van der Waals surface area contributed by atoms with E-state index in [1.807, 2.05) is 0 Å². The Morgan fingerprint density at radius 1 is 0.800 bits per heavy atom. The summed E-state index contributed by atoms with van der Waals surface area (Å²) in [7, 11) is 0. The van der Waals surface area contributed by atoms with Crippen molar-refractivity contribution < 1.29 is 0 Å². The molecule has 0 fully saturated rings. The third-order valence-corrected chi connectivity index (χ3v) is 2.56. The van der Waals surface area contributed by atoms with Crippen molar-refractivity contribution in [3.05, 3.63) is 22.8 Å². The fourth-order valence-electron chi connectivity index (χ4n) is 2.15. The molecule has 15 heavy (non-hydrogen) atoms. The van der Waals surface area contributed by atoms with Crippen molar-refractivity contribution in [2.75, 3.05) is 0 Å². The molecule has 0 aromatic carbocycles. The van der Waals surface area contributed by atoms with E-state index in [9.17, 15) is 0 Å². The van der Waals surface area contributed by atoms with Gasteiger partial charge in [-0.3, -0.25) is 0 Å². The lowest BCUT2D eigenvalue weighted by molar-refractivity contribution is 0.676. The molecule has 88 valence electrons. The molecule has 0 heteroatoms. The van der Waals surface area contributed by atoms with Gasteiger partial charge >= 0.3 is 0 Å². The minimum atomic E-state index is 0.625. The highest BCUT2D eigenvalue weighted by atomic mass is 14.2. The minimum Gasteiger partial charge on any atom is -0.0782 e. The van der Waals surface area contributed by atoms with E-state index in [4.69, 9.17) is 0 Å². The Labute approximate surface area is 96.5 Å². The van der Waals surface area contributed by atoms with Gasteiger partial charge in [0, 0.05) is 0 Å². The second-order valence-corrected chi connectivity index (χ2v) is 5.59. The van der Waals surface area contributed by atoms with E-state index in [1.54, 1.807) is 11.1 Å². The number of hydrogen-bond donors (Lipinski definition) is 0. The molecule has 0 aromatic heterocycles. The molecule has 0 bridgehead atoms. The van der Waals surface area contributed by atoms with E-state index in [1.165, 1.54) is 5.57 Å². The Balaban J connectivity index is 5.33. The first-order valence-electron chi connectivity index (χ1n) is 6.16. The standard InChI is InChI=1S/C15H28/c1-10(2)9-14(11(3)4)15(12(5)6)13(7)8/h9-12H,1-8H3. The van der Waals surface area contributed by atoms with Crippen molar-refractivity contribution in [2.24, 2.45) is 17.8 Å². The molecular weight excluding hydrogens is 180 g/mol. The molecule has 0 N–H and O–H groups in total. The van der Waals surface area contributed by atoms with E-state index in [0.717, 1.165) is 0 Å². The topological polar surface area (TPSA) is 0 Å².